The third kappa shape index (κ3) is 4.65. The molecule has 2 fully saturated rings. The van der Waals surface area contributed by atoms with Crippen LogP contribution < -0.4 is 5.32 Å². The summed E-state index contributed by atoms with van der Waals surface area (Å²) in [6.45, 7) is 5.18. The minimum atomic E-state index is -0.192. The maximum Gasteiger partial charge on any atom is 0.308 e. The number of benzene rings is 1. The van der Waals surface area contributed by atoms with E-state index >= 15 is 0 Å². The molecule has 28 heavy (non-hydrogen) atoms. The standard InChI is InChI=1S/C22H32FN3O2/c1-3-24-21(26-14-10-17(11-15-26)20(27)28-2)25-16-22(12-4-5-13-22)18-6-8-19(23)9-7-18/h6-9,17H,3-5,10-16H2,1-2H3,(H,24,25). The number of hydrogen-bond acceptors (Lipinski definition) is 3. The molecule has 1 aliphatic carbocycles. The molecule has 0 unspecified atom stereocenters. The van der Waals surface area contributed by atoms with Crippen LogP contribution in [-0.2, 0) is 14.9 Å². The van der Waals surface area contributed by atoms with Crippen molar-refractivity contribution < 1.29 is 13.9 Å². The zero-order valence-electron chi connectivity index (χ0n) is 17.0. The van der Waals surface area contributed by atoms with Crippen molar-refractivity contribution in [3.8, 4) is 0 Å². The molecule has 1 aliphatic heterocycles. The molecule has 1 heterocycles. The van der Waals surface area contributed by atoms with Crippen LogP contribution in [0.4, 0.5) is 4.39 Å². The van der Waals surface area contributed by atoms with Gasteiger partial charge in [-0.2, -0.15) is 0 Å². The lowest BCUT2D eigenvalue weighted by Gasteiger charge is -2.34. The van der Waals surface area contributed by atoms with Crippen molar-refractivity contribution in [2.75, 3.05) is 33.3 Å². The van der Waals surface area contributed by atoms with Gasteiger partial charge in [0.15, 0.2) is 5.96 Å². The maximum absolute atomic E-state index is 13.4. The quantitative estimate of drug-likeness (QED) is 0.476. The Morgan fingerprint density at radius 3 is 2.46 bits per heavy atom. The first-order chi connectivity index (χ1) is 13.6. The number of aliphatic imine (C=N–C) groups is 1. The van der Waals surface area contributed by atoms with E-state index in [0.29, 0.717) is 6.54 Å². The van der Waals surface area contributed by atoms with Gasteiger partial charge in [-0.15, -0.1) is 0 Å². The fourth-order valence-electron chi connectivity index (χ4n) is 4.54. The Hall–Kier alpha value is -2.11. The summed E-state index contributed by atoms with van der Waals surface area (Å²) >= 11 is 0. The number of rotatable bonds is 5. The minimum Gasteiger partial charge on any atom is -0.469 e. The Labute approximate surface area is 167 Å². The SMILES string of the molecule is CCNC(=NCC1(c2ccc(F)cc2)CCCC1)N1CCC(C(=O)OC)CC1. The molecular weight excluding hydrogens is 357 g/mol. The van der Waals surface area contributed by atoms with Gasteiger partial charge in [0, 0.05) is 25.0 Å². The monoisotopic (exact) mass is 389 g/mol. The summed E-state index contributed by atoms with van der Waals surface area (Å²) in [5.41, 5.74) is 1.19. The Morgan fingerprint density at radius 1 is 1.25 bits per heavy atom. The lowest BCUT2D eigenvalue weighted by Crippen LogP contribution is -2.47. The van der Waals surface area contributed by atoms with Gasteiger partial charge in [0.2, 0.25) is 0 Å². The Kier molecular flexibility index (Phi) is 6.92. The van der Waals surface area contributed by atoms with Gasteiger partial charge in [-0.1, -0.05) is 25.0 Å². The average molecular weight is 390 g/mol. The summed E-state index contributed by atoms with van der Waals surface area (Å²) in [5.74, 6) is 0.605. The molecule has 1 aromatic rings. The molecule has 0 spiro atoms. The molecule has 0 bridgehead atoms. The molecule has 5 nitrogen and oxygen atoms in total. The van der Waals surface area contributed by atoms with Crippen molar-refractivity contribution in [3.63, 3.8) is 0 Å². The molecule has 0 atom stereocenters. The summed E-state index contributed by atoms with van der Waals surface area (Å²) in [4.78, 5) is 19.0. The molecular formula is C22H32FN3O2. The number of esters is 1. The number of piperidine rings is 1. The number of hydrogen-bond donors (Lipinski definition) is 1. The van der Waals surface area contributed by atoms with Crippen LogP contribution in [0.1, 0.15) is 51.0 Å². The second-order valence-electron chi connectivity index (χ2n) is 7.95. The highest BCUT2D eigenvalue weighted by atomic mass is 19.1. The van der Waals surface area contributed by atoms with Crippen molar-refractivity contribution >= 4 is 11.9 Å². The first-order valence-electron chi connectivity index (χ1n) is 10.4. The maximum atomic E-state index is 13.4. The van der Waals surface area contributed by atoms with E-state index in [4.69, 9.17) is 9.73 Å². The van der Waals surface area contributed by atoms with Gasteiger partial charge in [0.25, 0.3) is 0 Å². The van der Waals surface area contributed by atoms with Gasteiger partial charge in [-0.25, -0.2) is 4.39 Å². The second kappa shape index (κ2) is 9.39. The van der Waals surface area contributed by atoms with Crippen LogP contribution in [0.25, 0.3) is 0 Å². The highest BCUT2D eigenvalue weighted by Gasteiger charge is 2.36. The number of nitrogens with zero attached hydrogens (tertiary/aromatic N) is 2. The summed E-state index contributed by atoms with van der Waals surface area (Å²) in [7, 11) is 1.46. The number of nitrogens with one attached hydrogen (secondary N) is 1. The van der Waals surface area contributed by atoms with Gasteiger partial charge in [0.1, 0.15) is 5.82 Å². The summed E-state index contributed by atoms with van der Waals surface area (Å²) < 4.78 is 18.3. The van der Waals surface area contributed by atoms with Crippen LogP contribution in [0, 0.1) is 11.7 Å². The summed E-state index contributed by atoms with van der Waals surface area (Å²) in [5, 5.41) is 3.41. The summed E-state index contributed by atoms with van der Waals surface area (Å²) in [6.07, 6.45) is 6.14. The third-order valence-electron chi connectivity index (χ3n) is 6.21. The van der Waals surface area contributed by atoms with Gasteiger partial charge >= 0.3 is 5.97 Å². The van der Waals surface area contributed by atoms with Crippen molar-refractivity contribution in [2.45, 2.75) is 50.9 Å². The lowest BCUT2D eigenvalue weighted by atomic mass is 9.79. The Balaban J connectivity index is 1.72. The molecule has 1 saturated carbocycles. The zero-order valence-corrected chi connectivity index (χ0v) is 17.0. The predicted molar refractivity (Wildman–Crippen MR) is 109 cm³/mol. The number of carbonyl (C=O) groups is 1. The number of guanidine groups is 1. The number of likely N-dealkylation sites (tertiary alicyclic amines) is 1. The number of ether oxygens (including phenoxy) is 1. The molecule has 2 aliphatic rings. The first kappa shape index (κ1) is 20.6. The molecule has 0 amide bonds. The third-order valence-corrected chi connectivity index (χ3v) is 6.21. The van der Waals surface area contributed by atoms with Gasteiger partial charge in [-0.3, -0.25) is 9.79 Å². The van der Waals surface area contributed by atoms with Crippen LogP contribution >= 0.6 is 0 Å². The largest absolute Gasteiger partial charge is 0.469 e. The summed E-state index contributed by atoms with van der Waals surface area (Å²) in [6, 6.07) is 6.96. The highest BCUT2D eigenvalue weighted by molar-refractivity contribution is 5.80. The highest BCUT2D eigenvalue weighted by Crippen LogP contribution is 2.41. The van der Waals surface area contributed by atoms with E-state index in [-0.39, 0.29) is 23.1 Å². The predicted octanol–water partition coefficient (Wildman–Crippen LogP) is 3.49. The van der Waals surface area contributed by atoms with E-state index in [0.717, 1.165) is 51.3 Å². The fraction of sp³-hybridized carbons (Fsp3) is 0.636. The van der Waals surface area contributed by atoms with Crippen LogP contribution in [0.5, 0.6) is 0 Å². The fourth-order valence-corrected chi connectivity index (χ4v) is 4.54. The second-order valence-corrected chi connectivity index (χ2v) is 7.95. The molecule has 1 N–H and O–H groups in total. The molecule has 3 rings (SSSR count). The van der Waals surface area contributed by atoms with Crippen molar-refractivity contribution in [1.82, 2.24) is 10.2 Å². The van der Waals surface area contributed by atoms with Gasteiger partial charge in [0.05, 0.1) is 19.6 Å². The van der Waals surface area contributed by atoms with E-state index in [9.17, 15) is 9.18 Å². The Morgan fingerprint density at radius 2 is 1.89 bits per heavy atom. The molecule has 1 saturated heterocycles. The van der Waals surface area contributed by atoms with Crippen LogP contribution in [0.3, 0.4) is 0 Å². The smallest absolute Gasteiger partial charge is 0.308 e. The van der Waals surface area contributed by atoms with Crippen molar-refractivity contribution in [2.24, 2.45) is 10.9 Å². The number of carbonyl (C=O) groups excluding carboxylic acids is 1. The molecule has 0 aromatic heterocycles. The minimum absolute atomic E-state index is 0.00128. The van der Waals surface area contributed by atoms with Crippen LogP contribution in [0.15, 0.2) is 29.3 Å². The topological polar surface area (TPSA) is 53.9 Å². The van der Waals surface area contributed by atoms with E-state index < -0.39 is 0 Å². The van der Waals surface area contributed by atoms with Crippen molar-refractivity contribution in [1.29, 1.82) is 0 Å². The zero-order chi connectivity index (χ0) is 20.0. The molecule has 154 valence electrons. The number of methoxy groups -OCH3 is 1. The van der Waals surface area contributed by atoms with E-state index in [1.165, 1.54) is 25.5 Å². The van der Waals surface area contributed by atoms with E-state index in [1.54, 1.807) is 12.1 Å². The molecule has 6 heteroatoms. The van der Waals surface area contributed by atoms with E-state index in [2.05, 4.69) is 17.1 Å². The van der Waals surface area contributed by atoms with Crippen molar-refractivity contribution in [3.05, 3.63) is 35.6 Å². The van der Waals surface area contributed by atoms with E-state index in [1.807, 2.05) is 12.1 Å². The van der Waals surface area contributed by atoms with Crippen LogP contribution in [0.2, 0.25) is 0 Å². The number of halogens is 1. The van der Waals surface area contributed by atoms with Crippen LogP contribution in [-0.4, -0.2) is 50.1 Å². The normalized spacial score (nSPS) is 20.2. The first-order valence-corrected chi connectivity index (χ1v) is 10.4. The van der Waals surface area contributed by atoms with Gasteiger partial charge < -0.3 is 15.0 Å². The average Bonchev–Trinajstić information content (AvgIpc) is 3.21. The lowest BCUT2D eigenvalue weighted by molar-refractivity contribution is -0.146. The Bertz CT molecular complexity index is 676. The van der Waals surface area contributed by atoms with Gasteiger partial charge in [-0.05, 0) is 50.3 Å². The molecule has 1 aromatic carbocycles. The molecule has 0 radical (unpaired) electrons.